The smallest absolute Gasteiger partial charge is 0.228 e. The van der Waals surface area contributed by atoms with Crippen LogP contribution in [0.4, 0.5) is 5.69 Å². The number of carbonyl (C=O) groups excluding carboxylic acids is 2. The second-order valence-electron chi connectivity index (χ2n) is 5.27. The van der Waals surface area contributed by atoms with Gasteiger partial charge in [0, 0.05) is 5.56 Å². The molecule has 0 atom stereocenters. The highest BCUT2D eigenvalue weighted by Crippen LogP contribution is 2.26. The van der Waals surface area contributed by atoms with Crippen LogP contribution in [-0.4, -0.2) is 25.4 Å². The molecule has 0 saturated carbocycles. The maximum absolute atomic E-state index is 12.3. The first kappa shape index (κ1) is 17.5. The van der Waals surface area contributed by atoms with Crippen molar-refractivity contribution in [2.75, 3.05) is 19.0 Å². The fourth-order valence-corrected chi connectivity index (χ4v) is 2.25. The second kappa shape index (κ2) is 8.15. The lowest BCUT2D eigenvalue weighted by molar-refractivity contribution is -0.115. The monoisotopic (exact) mass is 327 g/mol. The van der Waals surface area contributed by atoms with E-state index < -0.39 is 0 Å². The molecule has 0 aliphatic carbocycles. The summed E-state index contributed by atoms with van der Waals surface area (Å²) in [5, 5.41) is 2.82. The number of Topliss-reactive ketones (excluding diaryl/α,β-unsaturated/α-hetero) is 1. The van der Waals surface area contributed by atoms with E-state index in [1.807, 2.05) is 31.2 Å². The SMILES string of the molecule is CCOc1ccc(C(C)=O)cc1NC(=O)Cc1ccc(OC)cc1. The molecular weight excluding hydrogens is 306 g/mol. The van der Waals surface area contributed by atoms with E-state index >= 15 is 0 Å². The van der Waals surface area contributed by atoms with Crippen LogP contribution in [0.3, 0.4) is 0 Å². The van der Waals surface area contributed by atoms with Crippen LogP contribution in [-0.2, 0) is 11.2 Å². The van der Waals surface area contributed by atoms with Crippen LogP contribution in [0, 0.1) is 0 Å². The number of methoxy groups -OCH3 is 1. The molecule has 2 aromatic rings. The van der Waals surface area contributed by atoms with Gasteiger partial charge < -0.3 is 14.8 Å². The summed E-state index contributed by atoms with van der Waals surface area (Å²) in [4.78, 5) is 23.8. The van der Waals surface area contributed by atoms with Gasteiger partial charge in [0.25, 0.3) is 0 Å². The molecule has 0 spiro atoms. The van der Waals surface area contributed by atoms with E-state index in [2.05, 4.69) is 5.32 Å². The topological polar surface area (TPSA) is 64.6 Å². The highest BCUT2D eigenvalue weighted by atomic mass is 16.5. The van der Waals surface area contributed by atoms with Crippen LogP contribution in [0.15, 0.2) is 42.5 Å². The first-order valence-electron chi connectivity index (χ1n) is 7.74. The van der Waals surface area contributed by atoms with Crippen molar-refractivity contribution in [2.45, 2.75) is 20.3 Å². The number of ether oxygens (including phenoxy) is 2. The zero-order valence-corrected chi connectivity index (χ0v) is 14.1. The van der Waals surface area contributed by atoms with Gasteiger partial charge in [-0.05, 0) is 49.7 Å². The molecule has 0 fully saturated rings. The van der Waals surface area contributed by atoms with Crippen molar-refractivity contribution in [3.8, 4) is 11.5 Å². The normalized spacial score (nSPS) is 10.1. The minimum atomic E-state index is -0.179. The summed E-state index contributed by atoms with van der Waals surface area (Å²) < 4.78 is 10.6. The molecule has 24 heavy (non-hydrogen) atoms. The van der Waals surface area contributed by atoms with Crippen molar-refractivity contribution in [3.63, 3.8) is 0 Å². The summed E-state index contributed by atoms with van der Waals surface area (Å²) in [5.74, 6) is 1.04. The van der Waals surface area contributed by atoms with E-state index in [1.54, 1.807) is 25.3 Å². The van der Waals surface area contributed by atoms with Crippen molar-refractivity contribution in [1.29, 1.82) is 0 Å². The number of amides is 1. The number of anilines is 1. The van der Waals surface area contributed by atoms with Gasteiger partial charge in [-0.2, -0.15) is 0 Å². The third-order valence-electron chi connectivity index (χ3n) is 3.48. The lowest BCUT2D eigenvalue weighted by Gasteiger charge is -2.13. The summed E-state index contributed by atoms with van der Waals surface area (Å²) in [6.45, 7) is 3.82. The van der Waals surface area contributed by atoms with Gasteiger partial charge in [0.2, 0.25) is 5.91 Å². The fourth-order valence-electron chi connectivity index (χ4n) is 2.25. The molecule has 0 heterocycles. The summed E-state index contributed by atoms with van der Waals surface area (Å²) in [6.07, 6.45) is 0.222. The van der Waals surface area contributed by atoms with E-state index in [1.165, 1.54) is 6.92 Å². The number of carbonyl (C=O) groups is 2. The van der Waals surface area contributed by atoms with Gasteiger partial charge in [0.1, 0.15) is 11.5 Å². The minimum Gasteiger partial charge on any atom is -0.497 e. The van der Waals surface area contributed by atoms with Gasteiger partial charge in [-0.3, -0.25) is 9.59 Å². The van der Waals surface area contributed by atoms with Crippen molar-refractivity contribution in [3.05, 3.63) is 53.6 Å². The standard InChI is InChI=1S/C19H21NO4/c1-4-24-18-10-7-15(13(2)21)12-17(18)20-19(22)11-14-5-8-16(23-3)9-6-14/h5-10,12H,4,11H2,1-3H3,(H,20,22). The average Bonchev–Trinajstić information content (AvgIpc) is 2.57. The van der Waals surface area contributed by atoms with Crippen LogP contribution in [0.25, 0.3) is 0 Å². The lowest BCUT2D eigenvalue weighted by Crippen LogP contribution is -2.15. The Bertz CT molecular complexity index is 723. The first-order valence-corrected chi connectivity index (χ1v) is 7.74. The molecule has 2 aromatic carbocycles. The van der Waals surface area contributed by atoms with Gasteiger partial charge in [-0.15, -0.1) is 0 Å². The molecular formula is C19H21NO4. The Labute approximate surface area is 141 Å². The molecule has 0 aliphatic rings. The predicted octanol–water partition coefficient (Wildman–Crippen LogP) is 3.48. The second-order valence-corrected chi connectivity index (χ2v) is 5.27. The highest BCUT2D eigenvalue weighted by molar-refractivity contribution is 5.98. The zero-order chi connectivity index (χ0) is 17.5. The minimum absolute atomic E-state index is 0.0660. The van der Waals surface area contributed by atoms with Gasteiger partial charge in [0.15, 0.2) is 5.78 Å². The molecule has 0 aromatic heterocycles. The van der Waals surface area contributed by atoms with E-state index in [4.69, 9.17) is 9.47 Å². The van der Waals surface area contributed by atoms with Crippen LogP contribution in [0.5, 0.6) is 11.5 Å². The maximum Gasteiger partial charge on any atom is 0.228 e. The molecule has 5 nitrogen and oxygen atoms in total. The molecule has 0 aliphatic heterocycles. The first-order chi connectivity index (χ1) is 11.5. The van der Waals surface area contributed by atoms with Gasteiger partial charge in [0.05, 0.1) is 25.8 Å². The van der Waals surface area contributed by atoms with E-state index in [0.717, 1.165) is 11.3 Å². The third-order valence-corrected chi connectivity index (χ3v) is 3.48. The van der Waals surface area contributed by atoms with Crippen molar-refractivity contribution in [1.82, 2.24) is 0 Å². The number of hydrogen-bond donors (Lipinski definition) is 1. The third kappa shape index (κ3) is 4.59. The molecule has 1 amide bonds. The fraction of sp³-hybridized carbons (Fsp3) is 0.263. The summed E-state index contributed by atoms with van der Waals surface area (Å²) in [5.41, 5.74) is 1.90. The van der Waals surface area contributed by atoms with E-state index in [-0.39, 0.29) is 18.1 Å². The molecule has 5 heteroatoms. The lowest BCUT2D eigenvalue weighted by atomic mass is 10.1. The predicted molar refractivity (Wildman–Crippen MR) is 92.9 cm³/mol. The summed E-state index contributed by atoms with van der Waals surface area (Å²) >= 11 is 0. The largest absolute Gasteiger partial charge is 0.497 e. The molecule has 126 valence electrons. The highest BCUT2D eigenvalue weighted by Gasteiger charge is 2.11. The van der Waals surface area contributed by atoms with E-state index in [0.29, 0.717) is 23.6 Å². The Hall–Kier alpha value is -2.82. The molecule has 0 saturated heterocycles. The van der Waals surface area contributed by atoms with Crippen molar-refractivity contribution >= 4 is 17.4 Å². The molecule has 1 N–H and O–H groups in total. The van der Waals surface area contributed by atoms with Crippen LogP contribution >= 0.6 is 0 Å². The number of benzene rings is 2. The van der Waals surface area contributed by atoms with Crippen molar-refractivity contribution < 1.29 is 19.1 Å². The maximum atomic E-state index is 12.3. The van der Waals surface area contributed by atoms with Gasteiger partial charge in [-0.1, -0.05) is 12.1 Å². The van der Waals surface area contributed by atoms with Crippen molar-refractivity contribution in [2.24, 2.45) is 0 Å². The van der Waals surface area contributed by atoms with Crippen LogP contribution in [0.1, 0.15) is 29.8 Å². The number of rotatable bonds is 7. The Kier molecular flexibility index (Phi) is 5.95. The molecule has 0 unspecified atom stereocenters. The number of nitrogens with one attached hydrogen (secondary N) is 1. The summed E-state index contributed by atoms with van der Waals surface area (Å²) in [6, 6.07) is 12.3. The number of ketones is 1. The molecule has 0 radical (unpaired) electrons. The van der Waals surface area contributed by atoms with Crippen LogP contribution in [0.2, 0.25) is 0 Å². The summed E-state index contributed by atoms with van der Waals surface area (Å²) in [7, 11) is 1.60. The molecule has 2 rings (SSSR count). The zero-order valence-electron chi connectivity index (χ0n) is 14.1. The quantitative estimate of drug-likeness (QED) is 0.791. The van der Waals surface area contributed by atoms with Crippen LogP contribution < -0.4 is 14.8 Å². The van der Waals surface area contributed by atoms with Gasteiger partial charge >= 0.3 is 0 Å². The number of hydrogen-bond acceptors (Lipinski definition) is 4. The van der Waals surface area contributed by atoms with E-state index in [9.17, 15) is 9.59 Å². The Balaban J connectivity index is 2.13. The molecule has 0 bridgehead atoms. The average molecular weight is 327 g/mol. The Morgan fingerprint density at radius 3 is 2.38 bits per heavy atom. The Morgan fingerprint density at radius 1 is 1.08 bits per heavy atom. The van der Waals surface area contributed by atoms with Gasteiger partial charge in [-0.25, -0.2) is 0 Å². The Morgan fingerprint density at radius 2 is 1.79 bits per heavy atom.